The van der Waals surface area contributed by atoms with E-state index in [1.807, 2.05) is 6.07 Å². The fourth-order valence-corrected chi connectivity index (χ4v) is 4.25. The molecule has 1 aromatic carbocycles. The maximum atomic E-state index is 5.48. The zero-order valence-corrected chi connectivity index (χ0v) is 13.5. The van der Waals surface area contributed by atoms with Gasteiger partial charge in [0, 0.05) is 6.04 Å². The maximum Gasteiger partial charge on any atom is 0.122 e. The van der Waals surface area contributed by atoms with E-state index in [0.29, 0.717) is 6.04 Å². The lowest BCUT2D eigenvalue weighted by molar-refractivity contribution is 0.359. The summed E-state index contributed by atoms with van der Waals surface area (Å²) in [4.78, 5) is 0. The SMILES string of the molecule is CCNC(Cc1ccccc1OC)CC1CCSCC1. The van der Waals surface area contributed by atoms with Crippen molar-refractivity contribution >= 4 is 11.8 Å². The topological polar surface area (TPSA) is 21.3 Å². The summed E-state index contributed by atoms with van der Waals surface area (Å²) in [6, 6.07) is 8.99. The van der Waals surface area contributed by atoms with Gasteiger partial charge in [-0.1, -0.05) is 25.1 Å². The monoisotopic (exact) mass is 293 g/mol. The van der Waals surface area contributed by atoms with Crippen LogP contribution in [0.1, 0.15) is 31.7 Å². The number of likely N-dealkylation sites (N-methyl/N-ethyl adjacent to an activating group) is 1. The molecule has 0 amide bonds. The van der Waals surface area contributed by atoms with Gasteiger partial charge in [0.25, 0.3) is 0 Å². The van der Waals surface area contributed by atoms with E-state index < -0.39 is 0 Å². The van der Waals surface area contributed by atoms with Crippen LogP contribution in [0.15, 0.2) is 24.3 Å². The van der Waals surface area contributed by atoms with Gasteiger partial charge in [0.1, 0.15) is 5.75 Å². The van der Waals surface area contributed by atoms with E-state index in [4.69, 9.17) is 4.74 Å². The molecule has 1 unspecified atom stereocenters. The van der Waals surface area contributed by atoms with Crippen LogP contribution in [0.3, 0.4) is 0 Å². The zero-order valence-electron chi connectivity index (χ0n) is 12.7. The molecule has 1 aliphatic rings. The zero-order chi connectivity index (χ0) is 14.2. The smallest absolute Gasteiger partial charge is 0.122 e. The van der Waals surface area contributed by atoms with Gasteiger partial charge >= 0.3 is 0 Å². The van der Waals surface area contributed by atoms with Crippen molar-refractivity contribution in [3.05, 3.63) is 29.8 Å². The number of hydrogen-bond acceptors (Lipinski definition) is 3. The fourth-order valence-electron chi connectivity index (χ4n) is 3.05. The van der Waals surface area contributed by atoms with Gasteiger partial charge < -0.3 is 10.1 Å². The Kier molecular flexibility index (Phi) is 6.74. The molecule has 0 aliphatic carbocycles. The quantitative estimate of drug-likeness (QED) is 0.827. The van der Waals surface area contributed by atoms with E-state index in [-0.39, 0.29) is 0 Å². The number of ether oxygens (including phenoxy) is 1. The Bertz CT molecular complexity index is 390. The third-order valence-electron chi connectivity index (χ3n) is 4.11. The average Bonchev–Trinajstić information content (AvgIpc) is 2.49. The summed E-state index contributed by atoms with van der Waals surface area (Å²) >= 11 is 2.11. The van der Waals surface area contributed by atoms with E-state index in [9.17, 15) is 0 Å². The van der Waals surface area contributed by atoms with Crippen LogP contribution in [0.5, 0.6) is 5.75 Å². The minimum Gasteiger partial charge on any atom is -0.496 e. The lowest BCUT2D eigenvalue weighted by Gasteiger charge is -2.27. The molecule has 1 N–H and O–H groups in total. The number of rotatable bonds is 7. The lowest BCUT2D eigenvalue weighted by Crippen LogP contribution is -2.34. The summed E-state index contributed by atoms with van der Waals surface area (Å²) in [6.07, 6.45) is 5.14. The summed E-state index contributed by atoms with van der Waals surface area (Å²) < 4.78 is 5.48. The highest BCUT2D eigenvalue weighted by Gasteiger charge is 2.19. The molecule has 1 atom stereocenters. The highest BCUT2D eigenvalue weighted by molar-refractivity contribution is 7.99. The number of thioether (sulfide) groups is 1. The standard InChI is InChI=1S/C17H27NOS/c1-3-18-16(12-14-8-10-20-11-9-14)13-15-6-4-5-7-17(15)19-2/h4-7,14,16,18H,3,8-13H2,1-2H3. The van der Waals surface area contributed by atoms with Crippen molar-refractivity contribution in [2.45, 2.75) is 38.6 Å². The molecule has 1 aliphatic heterocycles. The molecular weight excluding hydrogens is 266 g/mol. The molecule has 112 valence electrons. The molecular formula is C17H27NOS. The molecule has 1 fully saturated rings. The van der Waals surface area contributed by atoms with E-state index >= 15 is 0 Å². The van der Waals surface area contributed by atoms with E-state index in [0.717, 1.165) is 24.6 Å². The predicted octanol–water partition coefficient (Wildman–Crippen LogP) is 3.75. The van der Waals surface area contributed by atoms with Crippen LogP contribution in [0.25, 0.3) is 0 Å². The van der Waals surface area contributed by atoms with Crippen molar-refractivity contribution in [3.63, 3.8) is 0 Å². The lowest BCUT2D eigenvalue weighted by atomic mass is 9.91. The van der Waals surface area contributed by atoms with Crippen LogP contribution in [0.4, 0.5) is 0 Å². The van der Waals surface area contributed by atoms with E-state index in [1.54, 1.807) is 7.11 Å². The second-order valence-electron chi connectivity index (χ2n) is 5.56. The summed E-state index contributed by atoms with van der Waals surface area (Å²) in [5, 5.41) is 3.67. The molecule has 0 radical (unpaired) electrons. The Hall–Kier alpha value is -0.670. The summed E-state index contributed by atoms with van der Waals surface area (Å²) in [5.74, 6) is 4.61. The van der Waals surface area contributed by atoms with Gasteiger partial charge in [-0.15, -0.1) is 0 Å². The van der Waals surface area contributed by atoms with Crippen LogP contribution in [-0.2, 0) is 6.42 Å². The number of benzene rings is 1. The predicted molar refractivity (Wildman–Crippen MR) is 88.8 cm³/mol. The van der Waals surface area contributed by atoms with Crippen LogP contribution >= 0.6 is 11.8 Å². The Morgan fingerprint density at radius 3 is 2.75 bits per heavy atom. The minimum absolute atomic E-state index is 0.574. The van der Waals surface area contributed by atoms with Crippen molar-refractivity contribution in [2.75, 3.05) is 25.2 Å². The van der Waals surface area contributed by atoms with Crippen LogP contribution in [-0.4, -0.2) is 31.2 Å². The first-order chi connectivity index (χ1) is 9.83. The highest BCUT2D eigenvalue weighted by atomic mass is 32.2. The molecule has 0 saturated carbocycles. The molecule has 1 heterocycles. The first-order valence-corrected chi connectivity index (χ1v) is 8.92. The average molecular weight is 293 g/mol. The second-order valence-corrected chi connectivity index (χ2v) is 6.79. The number of nitrogens with one attached hydrogen (secondary N) is 1. The van der Waals surface area contributed by atoms with Gasteiger partial charge in [0.15, 0.2) is 0 Å². The first kappa shape index (κ1) is 15.7. The molecule has 2 rings (SSSR count). The third-order valence-corrected chi connectivity index (χ3v) is 5.16. The summed E-state index contributed by atoms with van der Waals surface area (Å²) in [6.45, 7) is 3.24. The van der Waals surface area contributed by atoms with Crippen molar-refractivity contribution in [1.29, 1.82) is 0 Å². The molecule has 1 aromatic rings. The summed E-state index contributed by atoms with van der Waals surface area (Å²) in [5.41, 5.74) is 1.33. The molecule has 2 nitrogen and oxygen atoms in total. The summed E-state index contributed by atoms with van der Waals surface area (Å²) in [7, 11) is 1.76. The molecule has 0 bridgehead atoms. The van der Waals surface area contributed by atoms with Crippen molar-refractivity contribution in [1.82, 2.24) is 5.32 Å². The van der Waals surface area contributed by atoms with Gasteiger partial charge in [0.05, 0.1) is 7.11 Å². The van der Waals surface area contributed by atoms with Crippen LogP contribution in [0.2, 0.25) is 0 Å². The van der Waals surface area contributed by atoms with E-state index in [2.05, 4.69) is 42.2 Å². The molecule has 3 heteroatoms. The Labute approximate surface area is 127 Å². The van der Waals surface area contributed by atoms with Gasteiger partial charge in [-0.05, 0) is 61.3 Å². The van der Waals surface area contributed by atoms with E-state index in [1.165, 1.54) is 36.3 Å². The highest BCUT2D eigenvalue weighted by Crippen LogP contribution is 2.28. The Morgan fingerprint density at radius 1 is 1.30 bits per heavy atom. The molecule has 20 heavy (non-hydrogen) atoms. The van der Waals surface area contributed by atoms with Crippen molar-refractivity contribution in [3.8, 4) is 5.75 Å². The van der Waals surface area contributed by atoms with Crippen molar-refractivity contribution < 1.29 is 4.74 Å². The number of hydrogen-bond donors (Lipinski definition) is 1. The molecule has 1 saturated heterocycles. The second kappa shape index (κ2) is 8.58. The largest absolute Gasteiger partial charge is 0.496 e. The van der Waals surface area contributed by atoms with Crippen LogP contribution < -0.4 is 10.1 Å². The Balaban J connectivity index is 1.96. The van der Waals surface area contributed by atoms with Gasteiger partial charge in [0.2, 0.25) is 0 Å². The Morgan fingerprint density at radius 2 is 2.05 bits per heavy atom. The molecule has 0 aromatic heterocycles. The van der Waals surface area contributed by atoms with Gasteiger partial charge in [-0.25, -0.2) is 0 Å². The maximum absolute atomic E-state index is 5.48. The van der Waals surface area contributed by atoms with Gasteiger partial charge in [-0.2, -0.15) is 11.8 Å². The fraction of sp³-hybridized carbons (Fsp3) is 0.647. The normalized spacial score (nSPS) is 17.9. The first-order valence-electron chi connectivity index (χ1n) is 7.76. The minimum atomic E-state index is 0.574. The van der Waals surface area contributed by atoms with Crippen LogP contribution in [0, 0.1) is 5.92 Å². The third kappa shape index (κ3) is 4.71. The number of methoxy groups -OCH3 is 1. The molecule has 0 spiro atoms. The van der Waals surface area contributed by atoms with Crippen molar-refractivity contribution in [2.24, 2.45) is 5.92 Å². The number of para-hydroxylation sites is 1. The van der Waals surface area contributed by atoms with Gasteiger partial charge in [-0.3, -0.25) is 0 Å².